The minimum atomic E-state index is -4.59. The van der Waals surface area contributed by atoms with Gasteiger partial charge in [-0.05, 0) is 73.3 Å². The van der Waals surface area contributed by atoms with Crippen LogP contribution in [0.4, 0.5) is 18.9 Å². The Hall–Kier alpha value is -3.66. The number of alkyl halides is 3. The molecule has 1 atom stereocenters. The van der Waals surface area contributed by atoms with Crippen LogP contribution in [-0.4, -0.2) is 33.7 Å². The van der Waals surface area contributed by atoms with Crippen LogP contribution in [0.25, 0.3) is 0 Å². The number of H-pyrrole nitrogens is 1. The number of anilines is 1. The molecule has 3 aromatic rings. The number of nitrogens with one attached hydrogen (secondary N) is 3. The van der Waals surface area contributed by atoms with E-state index < -0.39 is 23.9 Å². The molecule has 7 nitrogen and oxygen atoms in total. The standard InChI is InChI=1S/C29H33F3N4O3/c1-18-4-2-3-5-23(18)27(24-17-34-36-28(24)29(30,31)32)33-15-14-25(37)35-22-12-10-21(11-13-22)20-8-6-19(7-9-20)16-26(38)39/h2-5,10-13,17,19-20,27,33H,6-9,14-16H2,1H3,(H,34,36)(H,35,37)(H,38,39). The Morgan fingerprint density at radius 1 is 1.05 bits per heavy atom. The zero-order chi connectivity index (χ0) is 28.0. The largest absolute Gasteiger partial charge is 0.481 e. The first-order chi connectivity index (χ1) is 18.6. The summed E-state index contributed by atoms with van der Waals surface area (Å²) in [5.74, 6) is -0.375. The number of aromatic amines is 1. The number of halogens is 3. The predicted octanol–water partition coefficient (Wildman–Crippen LogP) is 6.19. The van der Waals surface area contributed by atoms with E-state index in [1.165, 1.54) is 11.8 Å². The fourth-order valence-corrected chi connectivity index (χ4v) is 5.38. The van der Waals surface area contributed by atoms with Crippen molar-refractivity contribution in [1.82, 2.24) is 15.5 Å². The summed E-state index contributed by atoms with van der Waals surface area (Å²) in [6, 6.07) is 14.1. The number of hydrogen-bond acceptors (Lipinski definition) is 4. The lowest BCUT2D eigenvalue weighted by Gasteiger charge is -2.28. The summed E-state index contributed by atoms with van der Waals surface area (Å²) in [6.07, 6.45) is 0.572. The fourth-order valence-electron chi connectivity index (χ4n) is 5.38. The highest BCUT2D eigenvalue weighted by Crippen LogP contribution is 2.38. The van der Waals surface area contributed by atoms with Crippen LogP contribution >= 0.6 is 0 Å². The topological polar surface area (TPSA) is 107 Å². The third-order valence-corrected chi connectivity index (χ3v) is 7.44. The van der Waals surface area contributed by atoms with Gasteiger partial charge in [-0.15, -0.1) is 0 Å². The Kier molecular flexibility index (Phi) is 9.06. The molecule has 0 spiro atoms. The molecule has 1 aliphatic rings. The summed E-state index contributed by atoms with van der Waals surface area (Å²) in [4.78, 5) is 23.6. The average Bonchev–Trinajstić information content (AvgIpc) is 3.39. The van der Waals surface area contributed by atoms with Crippen LogP contribution in [0.1, 0.15) is 78.4 Å². The monoisotopic (exact) mass is 542 g/mol. The van der Waals surface area contributed by atoms with Crippen LogP contribution in [0.3, 0.4) is 0 Å². The van der Waals surface area contributed by atoms with E-state index in [0.29, 0.717) is 17.2 Å². The van der Waals surface area contributed by atoms with Crippen molar-refractivity contribution in [2.75, 3.05) is 11.9 Å². The number of carbonyl (C=O) groups excluding carboxylic acids is 1. The highest BCUT2D eigenvalue weighted by atomic mass is 19.4. The summed E-state index contributed by atoms with van der Waals surface area (Å²) in [5, 5.41) is 20.7. The third-order valence-electron chi connectivity index (χ3n) is 7.44. The molecular weight excluding hydrogens is 509 g/mol. The molecule has 1 unspecified atom stereocenters. The quantitative estimate of drug-likeness (QED) is 0.244. The summed E-state index contributed by atoms with van der Waals surface area (Å²) in [6.45, 7) is 1.99. The first-order valence-electron chi connectivity index (χ1n) is 13.1. The van der Waals surface area contributed by atoms with Crippen molar-refractivity contribution in [2.45, 2.75) is 63.6 Å². The number of aromatic nitrogens is 2. The Balaban J connectivity index is 1.33. The second kappa shape index (κ2) is 12.5. The van der Waals surface area contributed by atoms with E-state index in [-0.39, 0.29) is 36.8 Å². The lowest BCUT2D eigenvalue weighted by Crippen LogP contribution is -2.28. The molecule has 4 rings (SSSR count). The van der Waals surface area contributed by atoms with Gasteiger partial charge < -0.3 is 15.7 Å². The Bertz CT molecular complexity index is 1270. The van der Waals surface area contributed by atoms with Crippen molar-refractivity contribution < 1.29 is 27.9 Å². The van der Waals surface area contributed by atoms with Gasteiger partial charge in [0.25, 0.3) is 0 Å². The molecule has 0 aliphatic heterocycles. The number of aryl methyl sites for hydroxylation is 1. The predicted molar refractivity (Wildman–Crippen MR) is 141 cm³/mol. The van der Waals surface area contributed by atoms with Gasteiger partial charge in [0.05, 0.1) is 12.2 Å². The van der Waals surface area contributed by atoms with E-state index in [2.05, 4.69) is 20.8 Å². The molecule has 1 saturated carbocycles. The number of carboxylic acid groups (broad SMARTS) is 1. The van der Waals surface area contributed by atoms with Gasteiger partial charge in [0.15, 0.2) is 0 Å². The van der Waals surface area contributed by atoms with Crippen molar-refractivity contribution in [1.29, 1.82) is 0 Å². The lowest BCUT2D eigenvalue weighted by molar-refractivity contribution is -0.142. The molecule has 1 aromatic heterocycles. The van der Waals surface area contributed by atoms with Gasteiger partial charge in [0.2, 0.25) is 5.91 Å². The van der Waals surface area contributed by atoms with Crippen LogP contribution in [0.5, 0.6) is 0 Å². The lowest BCUT2D eigenvalue weighted by atomic mass is 9.77. The number of benzene rings is 2. The van der Waals surface area contributed by atoms with Crippen LogP contribution in [-0.2, 0) is 15.8 Å². The van der Waals surface area contributed by atoms with E-state index in [9.17, 15) is 22.8 Å². The zero-order valence-electron chi connectivity index (χ0n) is 21.7. The number of carboxylic acids is 1. The smallest absolute Gasteiger partial charge is 0.433 e. The van der Waals surface area contributed by atoms with Crippen molar-refractivity contribution in [3.63, 3.8) is 0 Å². The number of amides is 1. The molecule has 2 aromatic carbocycles. The van der Waals surface area contributed by atoms with Gasteiger partial charge >= 0.3 is 12.1 Å². The fraction of sp³-hybridized carbons (Fsp3) is 0.414. The van der Waals surface area contributed by atoms with Gasteiger partial charge in [-0.1, -0.05) is 36.4 Å². The normalized spacial score (nSPS) is 18.5. The molecule has 1 aliphatic carbocycles. The van der Waals surface area contributed by atoms with Gasteiger partial charge in [0.1, 0.15) is 5.69 Å². The second-order valence-electron chi connectivity index (χ2n) is 10.2. The van der Waals surface area contributed by atoms with Crippen LogP contribution < -0.4 is 10.6 Å². The number of nitrogens with zero attached hydrogens (tertiary/aromatic N) is 1. The van der Waals surface area contributed by atoms with E-state index in [1.807, 2.05) is 43.3 Å². The third kappa shape index (κ3) is 7.47. The van der Waals surface area contributed by atoms with E-state index in [1.54, 1.807) is 12.1 Å². The SMILES string of the molecule is Cc1ccccc1C(NCCC(=O)Nc1ccc(C2CCC(CC(=O)O)CC2)cc1)c1cn[nH]c1C(F)(F)F. The molecule has 10 heteroatoms. The van der Waals surface area contributed by atoms with Crippen molar-refractivity contribution in [3.05, 3.63) is 82.7 Å². The molecule has 1 fully saturated rings. The van der Waals surface area contributed by atoms with Gasteiger partial charge in [0, 0.05) is 30.6 Å². The molecule has 208 valence electrons. The average molecular weight is 543 g/mol. The molecular formula is C29H33F3N4O3. The molecule has 0 saturated heterocycles. The first-order valence-corrected chi connectivity index (χ1v) is 13.1. The van der Waals surface area contributed by atoms with Crippen LogP contribution in [0, 0.1) is 12.8 Å². The van der Waals surface area contributed by atoms with Crippen molar-refractivity contribution in [3.8, 4) is 0 Å². The van der Waals surface area contributed by atoms with Crippen molar-refractivity contribution in [2.24, 2.45) is 5.92 Å². The number of aliphatic carboxylic acids is 1. The van der Waals surface area contributed by atoms with Gasteiger partial charge in [-0.3, -0.25) is 14.7 Å². The highest BCUT2D eigenvalue weighted by Gasteiger charge is 2.38. The maximum atomic E-state index is 13.6. The molecule has 1 heterocycles. The maximum Gasteiger partial charge on any atom is 0.433 e. The van der Waals surface area contributed by atoms with Crippen molar-refractivity contribution >= 4 is 17.6 Å². The van der Waals surface area contributed by atoms with Crippen LogP contribution in [0.15, 0.2) is 54.7 Å². The minimum Gasteiger partial charge on any atom is -0.481 e. The summed E-state index contributed by atoms with van der Waals surface area (Å²) >= 11 is 0. The Morgan fingerprint density at radius 2 is 1.74 bits per heavy atom. The molecule has 39 heavy (non-hydrogen) atoms. The van der Waals surface area contributed by atoms with Crippen LogP contribution in [0.2, 0.25) is 0 Å². The maximum absolute atomic E-state index is 13.6. The zero-order valence-corrected chi connectivity index (χ0v) is 21.7. The number of rotatable bonds is 10. The summed E-state index contributed by atoms with van der Waals surface area (Å²) < 4.78 is 40.7. The van der Waals surface area contributed by atoms with Gasteiger partial charge in [-0.25, -0.2) is 0 Å². The Morgan fingerprint density at radius 3 is 2.38 bits per heavy atom. The number of hydrogen-bond donors (Lipinski definition) is 4. The summed E-state index contributed by atoms with van der Waals surface area (Å²) in [5.41, 5.74) is 2.38. The van der Waals surface area contributed by atoms with E-state index >= 15 is 0 Å². The minimum absolute atomic E-state index is 0.0233. The Labute approximate surface area is 225 Å². The second-order valence-corrected chi connectivity index (χ2v) is 10.2. The molecule has 0 bridgehead atoms. The highest BCUT2D eigenvalue weighted by molar-refractivity contribution is 5.90. The van der Waals surface area contributed by atoms with Gasteiger partial charge in [-0.2, -0.15) is 18.3 Å². The number of carbonyl (C=O) groups is 2. The molecule has 1 amide bonds. The molecule has 4 N–H and O–H groups in total. The first kappa shape index (κ1) is 28.4. The summed E-state index contributed by atoms with van der Waals surface area (Å²) in [7, 11) is 0. The molecule has 0 radical (unpaired) electrons. The van der Waals surface area contributed by atoms with E-state index in [0.717, 1.165) is 31.2 Å². The van der Waals surface area contributed by atoms with E-state index in [4.69, 9.17) is 5.11 Å².